The summed E-state index contributed by atoms with van der Waals surface area (Å²) < 4.78 is 0.955. The molecule has 1 saturated heterocycles. The normalized spacial score (nSPS) is 14.2. The Labute approximate surface area is 203 Å². The molecule has 1 aliphatic rings. The van der Waals surface area contributed by atoms with Crippen LogP contribution in [-0.2, 0) is 6.54 Å². The van der Waals surface area contributed by atoms with Gasteiger partial charge < -0.3 is 10.2 Å². The van der Waals surface area contributed by atoms with E-state index in [1.165, 1.54) is 5.56 Å². The monoisotopic (exact) mass is 505 g/mol. The molecule has 0 bridgehead atoms. The third-order valence-electron chi connectivity index (χ3n) is 6.10. The summed E-state index contributed by atoms with van der Waals surface area (Å²) in [5.41, 5.74) is 5.31. The molecule has 170 valence electrons. The van der Waals surface area contributed by atoms with Gasteiger partial charge in [-0.25, -0.2) is 0 Å². The standard InChI is InChI=1S/C27H28BrN3O2/c1-18-4-3-5-20(16-18)17-29-26(32)24-11-6-19(2)30-25(24)21-12-14-31(15-13-21)27(33)22-7-9-23(28)10-8-22/h3-11,16,21H,12-15,17H2,1-2H3,(H,29,32). The van der Waals surface area contributed by atoms with Crippen LogP contribution >= 0.6 is 15.9 Å². The molecule has 0 radical (unpaired) electrons. The number of aryl methyl sites for hydroxylation is 2. The number of aromatic nitrogens is 1. The van der Waals surface area contributed by atoms with Crippen molar-refractivity contribution < 1.29 is 9.59 Å². The molecule has 3 aromatic rings. The summed E-state index contributed by atoms with van der Waals surface area (Å²) in [5.74, 6) is 0.0974. The number of likely N-dealkylation sites (tertiary alicyclic amines) is 1. The lowest BCUT2D eigenvalue weighted by Gasteiger charge is -2.32. The van der Waals surface area contributed by atoms with Gasteiger partial charge in [-0.05, 0) is 68.7 Å². The molecule has 0 unspecified atom stereocenters. The number of benzene rings is 2. The van der Waals surface area contributed by atoms with Crippen molar-refractivity contribution in [3.8, 4) is 0 Å². The fourth-order valence-corrected chi connectivity index (χ4v) is 4.58. The fourth-order valence-electron chi connectivity index (χ4n) is 4.31. The molecule has 5 nitrogen and oxygen atoms in total. The first kappa shape index (κ1) is 23.2. The number of halogens is 1. The molecule has 2 amide bonds. The third-order valence-corrected chi connectivity index (χ3v) is 6.63. The van der Waals surface area contributed by atoms with Crippen LogP contribution in [0.3, 0.4) is 0 Å². The Kier molecular flexibility index (Phi) is 7.23. The van der Waals surface area contributed by atoms with Crippen molar-refractivity contribution in [2.24, 2.45) is 0 Å². The molecule has 2 aromatic carbocycles. The number of nitrogens with one attached hydrogen (secondary N) is 1. The Morgan fingerprint density at radius 2 is 1.76 bits per heavy atom. The number of carbonyl (C=O) groups excluding carboxylic acids is 2. The van der Waals surface area contributed by atoms with Crippen LogP contribution in [0.1, 0.15) is 62.0 Å². The average molecular weight is 506 g/mol. The molecule has 0 spiro atoms. The number of hydrogen-bond donors (Lipinski definition) is 1. The van der Waals surface area contributed by atoms with Crippen molar-refractivity contribution >= 4 is 27.7 Å². The maximum Gasteiger partial charge on any atom is 0.253 e. The van der Waals surface area contributed by atoms with Gasteiger partial charge in [-0.15, -0.1) is 0 Å². The van der Waals surface area contributed by atoms with Gasteiger partial charge in [0.25, 0.3) is 11.8 Å². The minimum atomic E-state index is -0.104. The molecule has 0 saturated carbocycles. The largest absolute Gasteiger partial charge is 0.348 e. The maximum absolute atomic E-state index is 13.0. The van der Waals surface area contributed by atoms with E-state index in [4.69, 9.17) is 4.98 Å². The lowest BCUT2D eigenvalue weighted by Crippen LogP contribution is -2.38. The summed E-state index contributed by atoms with van der Waals surface area (Å²) in [5, 5.41) is 3.05. The van der Waals surface area contributed by atoms with Crippen LogP contribution in [0.2, 0.25) is 0 Å². The zero-order valence-electron chi connectivity index (χ0n) is 19.0. The molecule has 1 aromatic heterocycles. The Balaban J connectivity index is 1.44. The summed E-state index contributed by atoms with van der Waals surface area (Å²) in [4.78, 5) is 32.6. The minimum absolute atomic E-state index is 0.0503. The first-order chi connectivity index (χ1) is 15.9. The van der Waals surface area contributed by atoms with Gasteiger partial charge in [0, 0.05) is 41.3 Å². The van der Waals surface area contributed by atoms with Gasteiger partial charge in [0.1, 0.15) is 0 Å². The van der Waals surface area contributed by atoms with Crippen LogP contribution in [0.4, 0.5) is 0 Å². The van der Waals surface area contributed by atoms with Gasteiger partial charge >= 0.3 is 0 Å². The molecule has 1 N–H and O–H groups in total. The van der Waals surface area contributed by atoms with E-state index in [0.717, 1.165) is 34.3 Å². The number of pyridine rings is 1. The van der Waals surface area contributed by atoms with E-state index >= 15 is 0 Å². The summed E-state index contributed by atoms with van der Waals surface area (Å²) in [6, 6.07) is 19.4. The molecule has 0 aliphatic carbocycles. The van der Waals surface area contributed by atoms with E-state index in [9.17, 15) is 9.59 Å². The van der Waals surface area contributed by atoms with E-state index < -0.39 is 0 Å². The first-order valence-electron chi connectivity index (χ1n) is 11.3. The van der Waals surface area contributed by atoms with E-state index in [1.807, 2.05) is 73.3 Å². The minimum Gasteiger partial charge on any atom is -0.348 e. The van der Waals surface area contributed by atoms with Gasteiger partial charge in [-0.1, -0.05) is 45.8 Å². The Bertz CT molecular complexity index is 1150. The van der Waals surface area contributed by atoms with Gasteiger partial charge in [0.15, 0.2) is 0 Å². The number of nitrogens with zero attached hydrogens (tertiary/aromatic N) is 2. The zero-order chi connectivity index (χ0) is 23.4. The Morgan fingerprint density at radius 3 is 2.45 bits per heavy atom. The van der Waals surface area contributed by atoms with Gasteiger partial charge in [0.05, 0.1) is 11.3 Å². The second-order valence-electron chi connectivity index (χ2n) is 8.63. The van der Waals surface area contributed by atoms with Crippen LogP contribution in [0.25, 0.3) is 0 Å². The molecule has 33 heavy (non-hydrogen) atoms. The summed E-state index contributed by atoms with van der Waals surface area (Å²) in [6.07, 6.45) is 1.58. The van der Waals surface area contributed by atoms with E-state index in [-0.39, 0.29) is 17.7 Å². The van der Waals surface area contributed by atoms with Crippen LogP contribution in [0.15, 0.2) is 65.1 Å². The van der Waals surface area contributed by atoms with Crippen molar-refractivity contribution in [3.63, 3.8) is 0 Å². The molecule has 0 atom stereocenters. The second-order valence-corrected chi connectivity index (χ2v) is 9.55. The SMILES string of the molecule is Cc1cccc(CNC(=O)c2ccc(C)nc2C2CCN(C(=O)c3ccc(Br)cc3)CC2)c1. The van der Waals surface area contributed by atoms with Crippen molar-refractivity contribution in [2.45, 2.75) is 39.2 Å². The lowest BCUT2D eigenvalue weighted by atomic mass is 9.89. The molecule has 1 fully saturated rings. The summed E-state index contributed by atoms with van der Waals surface area (Å²) >= 11 is 3.41. The number of carbonyl (C=O) groups is 2. The smallest absolute Gasteiger partial charge is 0.253 e. The molecule has 2 heterocycles. The van der Waals surface area contributed by atoms with E-state index in [1.54, 1.807) is 0 Å². The highest BCUT2D eigenvalue weighted by molar-refractivity contribution is 9.10. The molecular weight excluding hydrogens is 478 g/mol. The predicted octanol–water partition coefficient (Wildman–Crippen LogP) is 5.41. The third kappa shape index (κ3) is 5.69. The number of amides is 2. The van der Waals surface area contributed by atoms with Gasteiger partial charge in [-0.3, -0.25) is 14.6 Å². The number of hydrogen-bond acceptors (Lipinski definition) is 3. The van der Waals surface area contributed by atoms with Crippen molar-refractivity contribution in [3.05, 3.63) is 98.8 Å². The molecule has 4 rings (SSSR count). The average Bonchev–Trinajstić information content (AvgIpc) is 2.83. The Morgan fingerprint density at radius 1 is 1.03 bits per heavy atom. The van der Waals surface area contributed by atoms with Gasteiger partial charge in [0.2, 0.25) is 0 Å². The van der Waals surface area contributed by atoms with Crippen molar-refractivity contribution in [1.29, 1.82) is 0 Å². The van der Waals surface area contributed by atoms with Crippen molar-refractivity contribution in [1.82, 2.24) is 15.2 Å². The molecular formula is C27H28BrN3O2. The fraction of sp³-hybridized carbons (Fsp3) is 0.296. The molecule has 1 aliphatic heterocycles. The lowest BCUT2D eigenvalue weighted by molar-refractivity contribution is 0.0710. The van der Waals surface area contributed by atoms with E-state index in [0.29, 0.717) is 30.8 Å². The summed E-state index contributed by atoms with van der Waals surface area (Å²) in [6.45, 7) is 5.78. The number of rotatable bonds is 5. The highest BCUT2D eigenvalue weighted by atomic mass is 79.9. The van der Waals surface area contributed by atoms with Crippen LogP contribution in [0, 0.1) is 13.8 Å². The first-order valence-corrected chi connectivity index (χ1v) is 12.1. The van der Waals surface area contributed by atoms with Crippen molar-refractivity contribution in [2.75, 3.05) is 13.1 Å². The zero-order valence-corrected chi connectivity index (χ0v) is 20.6. The predicted molar refractivity (Wildman–Crippen MR) is 133 cm³/mol. The van der Waals surface area contributed by atoms with Crippen LogP contribution in [-0.4, -0.2) is 34.8 Å². The van der Waals surface area contributed by atoms with Crippen LogP contribution < -0.4 is 5.32 Å². The molecule has 6 heteroatoms. The number of piperidine rings is 1. The topological polar surface area (TPSA) is 62.3 Å². The maximum atomic E-state index is 13.0. The Hall–Kier alpha value is -2.99. The van der Waals surface area contributed by atoms with Crippen LogP contribution in [0.5, 0.6) is 0 Å². The second kappa shape index (κ2) is 10.3. The summed E-state index contributed by atoms with van der Waals surface area (Å²) in [7, 11) is 0. The highest BCUT2D eigenvalue weighted by Gasteiger charge is 2.28. The van der Waals surface area contributed by atoms with E-state index in [2.05, 4.69) is 27.3 Å². The highest BCUT2D eigenvalue weighted by Crippen LogP contribution is 2.30. The van der Waals surface area contributed by atoms with Gasteiger partial charge in [-0.2, -0.15) is 0 Å². The quantitative estimate of drug-likeness (QED) is 0.504.